The normalized spacial score (nSPS) is 25.8. The minimum absolute atomic E-state index is 0.0368. The number of carbonyl (C=O) groups excluding carboxylic acids is 1. The average Bonchev–Trinajstić information content (AvgIpc) is 3.03. The third kappa shape index (κ3) is 2.95. The Kier molecular flexibility index (Phi) is 4.24. The van der Waals surface area contributed by atoms with E-state index < -0.39 is 12.0 Å². The molecule has 0 bridgehead atoms. The third-order valence-electron chi connectivity index (χ3n) is 4.35. The fourth-order valence-corrected chi connectivity index (χ4v) is 4.21. The molecule has 1 amide bonds. The van der Waals surface area contributed by atoms with Crippen LogP contribution in [0, 0.1) is 5.92 Å². The van der Waals surface area contributed by atoms with Gasteiger partial charge in [-0.15, -0.1) is 11.8 Å². The molecule has 2 atom stereocenters. The monoisotopic (exact) mass is 309 g/mol. The van der Waals surface area contributed by atoms with Crippen LogP contribution in [0.2, 0.25) is 0 Å². The predicted molar refractivity (Wildman–Crippen MR) is 78.9 cm³/mol. The maximum absolute atomic E-state index is 12.4. The molecule has 2 unspecified atom stereocenters. The topological polar surface area (TPSA) is 70.8 Å². The van der Waals surface area contributed by atoms with E-state index in [0.29, 0.717) is 12.3 Å². The van der Waals surface area contributed by atoms with Crippen LogP contribution in [0.3, 0.4) is 0 Å². The Labute approximate surface area is 127 Å². The summed E-state index contributed by atoms with van der Waals surface area (Å²) in [5, 5.41) is 9.44. The van der Waals surface area contributed by atoms with Gasteiger partial charge in [0, 0.05) is 17.7 Å². The number of carboxylic acid groups (broad SMARTS) is 1. The first kappa shape index (κ1) is 14.5. The van der Waals surface area contributed by atoms with Gasteiger partial charge in [-0.25, -0.2) is 4.79 Å². The number of aliphatic carboxylic acids is 1. The van der Waals surface area contributed by atoms with Crippen molar-refractivity contribution in [3.63, 3.8) is 0 Å². The van der Waals surface area contributed by atoms with Crippen molar-refractivity contribution in [2.75, 3.05) is 6.54 Å². The van der Waals surface area contributed by atoms with Crippen molar-refractivity contribution in [1.82, 2.24) is 4.90 Å². The number of thioether (sulfide) groups is 1. The van der Waals surface area contributed by atoms with Gasteiger partial charge in [0.25, 0.3) is 0 Å². The van der Waals surface area contributed by atoms with Crippen LogP contribution in [-0.2, 0) is 15.3 Å². The van der Waals surface area contributed by atoms with E-state index in [1.807, 2.05) is 12.1 Å². The van der Waals surface area contributed by atoms with Crippen LogP contribution in [0.4, 0.5) is 0 Å². The summed E-state index contributed by atoms with van der Waals surface area (Å²) in [7, 11) is 0. The molecule has 0 radical (unpaired) electrons. The van der Waals surface area contributed by atoms with Crippen molar-refractivity contribution in [3.8, 4) is 0 Å². The zero-order chi connectivity index (χ0) is 14.8. The standard InChI is InChI=1S/C15H19NO4S/c17-14(10-3-1-4-10)16-7-6-12(13(16)15(18)19)21-9-11-5-2-8-20-11/h2,5,8,10,12-13H,1,3-4,6-7,9H2,(H,18,19). The van der Waals surface area contributed by atoms with Gasteiger partial charge in [0.05, 0.1) is 12.0 Å². The Morgan fingerprint density at radius 2 is 2.19 bits per heavy atom. The second-order valence-electron chi connectivity index (χ2n) is 5.66. The largest absolute Gasteiger partial charge is 0.480 e. The van der Waals surface area contributed by atoms with Crippen LogP contribution < -0.4 is 0 Å². The lowest BCUT2D eigenvalue weighted by atomic mass is 9.84. The molecule has 5 nitrogen and oxygen atoms in total. The van der Waals surface area contributed by atoms with Gasteiger partial charge in [-0.3, -0.25) is 4.79 Å². The van der Waals surface area contributed by atoms with E-state index >= 15 is 0 Å². The highest BCUT2D eigenvalue weighted by Gasteiger charge is 2.44. The Morgan fingerprint density at radius 1 is 1.38 bits per heavy atom. The maximum Gasteiger partial charge on any atom is 0.327 e. The summed E-state index contributed by atoms with van der Waals surface area (Å²) in [6.07, 6.45) is 5.25. The molecular weight excluding hydrogens is 290 g/mol. The fraction of sp³-hybridized carbons (Fsp3) is 0.600. The zero-order valence-corrected chi connectivity index (χ0v) is 12.6. The minimum atomic E-state index is -0.892. The van der Waals surface area contributed by atoms with Crippen molar-refractivity contribution in [2.45, 2.75) is 42.7 Å². The third-order valence-corrected chi connectivity index (χ3v) is 5.73. The molecule has 6 heteroatoms. The van der Waals surface area contributed by atoms with Gasteiger partial charge >= 0.3 is 5.97 Å². The molecule has 0 aromatic carbocycles. The van der Waals surface area contributed by atoms with Gasteiger partial charge in [-0.2, -0.15) is 0 Å². The molecule has 2 heterocycles. The number of hydrogen-bond acceptors (Lipinski definition) is 4. The molecule has 1 saturated heterocycles. The lowest BCUT2D eigenvalue weighted by Gasteiger charge is -2.32. The Bertz CT molecular complexity index is 512. The van der Waals surface area contributed by atoms with Crippen molar-refractivity contribution in [1.29, 1.82) is 0 Å². The van der Waals surface area contributed by atoms with Crippen molar-refractivity contribution in [2.24, 2.45) is 5.92 Å². The summed E-state index contributed by atoms with van der Waals surface area (Å²) in [5.74, 6) is 0.688. The van der Waals surface area contributed by atoms with E-state index in [2.05, 4.69) is 0 Å². The van der Waals surface area contributed by atoms with Crippen molar-refractivity contribution >= 4 is 23.6 Å². The van der Waals surface area contributed by atoms with Crippen molar-refractivity contribution in [3.05, 3.63) is 24.2 Å². The number of likely N-dealkylation sites (tertiary alicyclic amines) is 1. The second kappa shape index (κ2) is 6.13. The zero-order valence-electron chi connectivity index (χ0n) is 11.7. The lowest BCUT2D eigenvalue weighted by molar-refractivity contribution is -0.150. The van der Waals surface area contributed by atoms with Gasteiger partial charge in [-0.05, 0) is 31.4 Å². The highest BCUT2D eigenvalue weighted by Crippen LogP contribution is 2.35. The Balaban J connectivity index is 1.64. The van der Waals surface area contributed by atoms with Gasteiger partial charge in [0.1, 0.15) is 11.8 Å². The summed E-state index contributed by atoms with van der Waals surface area (Å²) in [4.78, 5) is 25.5. The summed E-state index contributed by atoms with van der Waals surface area (Å²) in [6.45, 7) is 0.558. The molecule has 3 rings (SSSR count). The molecule has 1 aromatic heterocycles. The van der Waals surface area contributed by atoms with Crippen LogP contribution in [0.15, 0.2) is 22.8 Å². The summed E-state index contributed by atoms with van der Waals surface area (Å²) >= 11 is 1.57. The smallest absolute Gasteiger partial charge is 0.327 e. The SMILES string of the molecule is O=C(O)C1C(SCc2ccco2)CCN1C(=O)C1CCC1. The fourth-order valence-electron chi connectivity index (χ4n) is 2.95. The Hall–Kier alpha value is -1.43. The van der Waals surface area contributed by atoms with E-state index in [1.54, 1.807) is 22.9 Å². The average molecular weight is 309 g/mol. The summed E-state index contributed by atoms with van der Waals surface area (Å²) < 4.78 is 5.28. The van der Waals surface area contributed by atoms with Gasteiger partial charge in [0.15, 0.2) is 0 Å². The quantitative estimate of drug-likeness (QED) is 0.904. The van der Waals surface area contributed by atoms with E-state index in [1.165, 1.54) is 0 Å². The molecule has 114 valence electrons. The number of nitrogens with zero attached hydrogens (tertiary/aromatic N) is 1. The first-order valence-electron chi connectivity index (χ1n) is 7.34. The predicted octanol–water partition coefficient (Wildman–Crippen LogP) is 2.37. The van der Waals surface area contributed by atoms with Gasteiger partial charge in [0.2, 0.25) is 5.91 Å². The van der Waals surface area contributed by atoms with Gasteiger partial charge < -0.3 is 14.4 Å². The van der Waals surface area contributed by atoms with E-state index in [-0.39, 0.29) is 17.1 Å². The second-order valence-corrected chi connectivity index (χ2v) is 6.89. The van der Waals surface area contributed by atoms with Crippen LogP contribution in [0.1, 0.15) is 31.4 Å². The summed E-state index contributed by atoms with van der Waals surface area (Å²) in [5.41, 5.74) is 0. The first-order chi connectivity index (χ1) is 10.2. The molecule has 1 saturated carbocycles. The number of rotatable bonds is 5. The molecule has 0 spiro atoms. The van der Waals surface area contributed by atoms with Crippen LogP contribution in [0.25, 0.3) is 0 Å². The molecule has 1 aromatic rings. The van der Waals surface area contributed by atoms with E-state index in [4.69, 9.17) is 4.42 Å². The molecule has 1 N–H and O–H groups in total. The molecule has 21 heavy (non-hydrogen) atoms. The first-order valence-corrected chi connectivity index (χ1v) is 8.39. The number of carbonyl (C=O) groups is 2. The maximum atomic E-state index is 12.4. The highest BCUT2D eigenvalue weighted by atomic mass is 32.2. The van der Waals surface area contributed by atoms with E-state index in [9.17, 15) is 14.7 Å². The Morgan fingerprint density at radius 3 is 2.76 bits per heavy atom. The van der Waals surface area contributed by atoms with Crippen molar-refractivity contribution < 1.29 is 19.1 Å². The molecule has 1 aliphatic heterocycles. The van der Waals surface area contributed by atoms with E-state index in [0.717, 1.165) is 31.4 Å². The number of carboxylic acids is 1. The number of furan rings is 1. The minimum Gasteiger partial charge on any atom is -0.480 e. The highest BCUT2D eigenvalue weighted by molar-refractivity contribution is 7.99. The van der Waals surface area contributed by atoms with Crippen LogP contribution in [-0.4, -0.2) is 39.7 Å². The van der Waals surface area contributed by atoms with Crippen LogP contribution >= 0.6 is 11.8 Å². The molecule has 2 fully saturated rings. The molecular formula is C15H19NO4S. The summed E-state index contributed by atoms with van der Waals surface area (Å²) in [6, 6.07) is 3.01. The van der Waals surface area contributed by atoms with Crippen LogP contribution in [0.5, 0.6) is 0 Å². The molecule has 2 aliphatic rings. The lowest BCUT2D eigenvalue weighted by Crippen LogP contribution is -2.47. The number of hydrogen-bond donors (Lipinski definition) is 1. The molecule has 1 aliphatic carbocycles. The number of amides is 1. The van der Waals surface area contributed by atoms with Gasteiger partial charge in [-0.1, -0.05) is 6.42 Å².